The number of halogens is 2. The van der Waals surface area contributed by atoms with Crippen LogP contribution >= 0.6 is 0 Å². The van der Waals surface area contributed by atoms with Crippen molar-refractivity contribution in [2.75, 3.05) is 33.2 Å². The van der Waals surface area contributed by atoms with Gasteiger partial charge < -0.3 is 4.90 Å². The van der Waals surface area contributed by atoms with Gasteiger partial charge in [-0.3, -0.25) is 4.90 Å². The minimum absolute atomic E-state index is 0.0350. The molecule has 2 nitrogen and oxygen atoms in total. The molecule has 0 radical (unpaired) electrons. The van der Waals surface area contributed by atoms with E-state index in [1.807, 2.05) is 4.90 Å². The summed E-state index contributed by atoms with van der Waals surface area (Å²) < 4.78 is 27.1. The predicted molar refractivity (Wildman–Crippen MR) is 56.2 cm³/mol. The fraction of sp³-hybridized carbons (Fsp3) is 1.00. The lowest BCUT2D eigenvalue weighted by Crippen LogP contribution is -2.52. The van der Waals surface area contributed by atoms with E-state index >= 15 is 0 Å². The summed E-state index contributed by atoms with van der Waals surface area (Å²) in [5.74, 6) is -2.94. The van der Waals surface area contributed by atoms with Crippen molar-refractivity contribution in [3.8, 4) is 0 Å². The average molecular weight is 218 g/mol. The first-order valence-electron chi connectivity index (χ1n) is 5.79. The molecule has 2 fully saturated rings. The molecule has 0 aromatic heterocycles. The summed E-state index contributed by atoms with van der Waals surface area (Å²) in [6.45, 7) is 4.47. The van der Waals surface area contributed by atoms with Crippen LogP contribution in [-0.4, -0.2) is 55.0 Å². The standard InChI is InChI=1S/C11H20F2N2/c1-9-3-6-15(8-11(9,12)13)10-4-5-14(2)7-10/h9-10H,3-8H2,1-2H3. The third kappa shape index (κ3) is 2.31. The maximum absolute atomic E-state index is 13.5. The predicted octanol–water partition coefficient (Wildman–Crippen LogP) is 1.67. The van der Waals surface area contributed by atoms with Crippen molar-refractivity contribution in [1.29, 1.82) is 0 Å². The van der Waals surface area contributed by atoms with Crippen LogP contribution in [0.3, 0.4) is 0 Å². The molecule has 0 spiro atoms. The Kier molecular flexibility index (Phi) is 2.99. The molecule has 2 rings (SSSR count). The summed E-state index contributed by atoms with van der Waals surface area (Å²) in [7, 11) is 2.06. The number of rotatable bonds is 1. The van der Waals surface area contributed by atoms with Crippen LogP contribution in [0, 0.1) is 5.92 Å². The molecule has 0 aromatic rings. The Morgan fingerprint density at radius 3 is 2.47 bits per heavy atom. The zero-order chi connectivity index (χ0) is 11.1. The van der Waals surface area contributed by atoms with Crippen LogP contribution in [0.1, 0.15) is 19.8 Å². The largest absolute Gasteiger partial charge is 0.305 e. The Morgan fingerprint density at radius 1 is 1.20 bits per heavy atom. The first-order valence-corrected chi connectivity index (χ1v) is 5.79. The van der Waals surface area contributed by atoms with Gasteiger partial charge in [0, 0.05) is 18.5 Å². The third-order valence-corrected chi connectivity index (χ3v) is 3.87. The molecule has 0 saturated carbocycles. The van der Waals surface area contributed by atoms with Crippen LogP contribution in [0.4, 0.5) is 8.78 Å². The smallest absolute Gasteiger partial charge is 0.263 e. The SMILES string of the molecule is CC1CCN(C2CCN(C)C2)CC1(F)F. The summed E-state index contributed by atoms with van der Waals surface area (Å²) in [6.07, 6.45) is 1.67. The average Bonchev–Trinajstić information content (AvgIpc) is 2.57. The summed E-state index contributed by atoms with van der Waals surface area (Å²) in [6, 6.07) is 0.355. The number of likely N-dealkylation sites (N-methyl/N-ethyl adjacent to an activating group) is 1. The number of hydrogen-bond acceptors (Lipinski definition) is 2. The summed E-state index contributed by atoms with van der Waals surface area (Å²) >= 11 is 0. The fourth-order valence-corrected chi connectivity index (χ4v) is 2.60. The number of hydrogen-bond donors (Lipinski definition) is 0. The van der Waals surface area contributed by atoms with Crippen LogP contribution in [-0.2, 0) is 0 Å². The zero-order valence-electron chi connectivity index (χ0n) is 9.55. The van der Waals surface area contributed by atoms with Crippen LogP contribution in [0.25, 0.3) is 0 Å². The van der Waals surface area contributed by atoms with Gasteiger partial charge in [-0.15, -0.1) is 0 Å². The topological polar surface area (TPSA) is 6.48 Å². The van der Waals surface area contributed by atoms with Gasteiger partial charge in [-0.2, -0.15) is 0 Å². The van der Waals surface area contributed by atoms with E-state index in [0.29, 0.717) is 12.5 Å². The maximum Gasteiger partial charge on any atom is 0.263 e. The van der Waals surface area contributed by atoms with Gasteiger partial charge in [0.2, 0.25) is 0 Å². The van der Waals surface area contributed by atoms with E-state index in [0.717, 1.165) is 26.1 Å². The minimum atomic E-state index is -2.49. The van der Waals surface area contributed by atoms with Gasteiger partial charge in [-0.25, -0.2) is 8.78 Å². The van der Waals surface area contributed by atoms with Crippen molar-refractivity contribution in [3.05, 3.63) is 0 Å². The van der Waals surface area contributed by atoms with Gasteiger partial charge in [0.05, 0.1) is 6.54 Å². The van der Waals surface area contributed by atoms with Gasteiger partial charge in [-0.1, -0.05) is 6.92 Å². The van der Waals surface area contributed by atoms with E-state index in [9.17, 15) is 8.78 Å². The Balaban J connectivity index is 1.95. The van der Waals surface area contributed by atoms with Gasteiger partial charge >= 0.3 is 0 Å². The van der Waals surface area contributed by atoms with Crippen molar-refractivity contribution < 1.29 is 8.78 Å². The first kappa shape index (κ1) is 11.3. The molecule has 2 unspecified atom stereocenters. The molecule has 2 aliphatic heterocycles. The van der Waals surface area contributed by atoms with Crippen LogP contribution in [0.5, 0.6) is 0 Å². The molecule has 2 saturated heterocycles. The summed E-state index contributed by atoms with van der Waals surface area (Å²) in [5, 5.41) is 0. The van der Waals surface area contributed by atoms with Crippen LogP contribution in [0.15, 0.2) is 0 Å². The van der Waals surface area contributed by atoms with Gasteiger partial charge in [0.15, 0.2) is 0 Å². The number of piperidine rings is 1. The van der Waals surface area contributed by atoms with Gasteiger partial charge in [0.25, 0.3) is 5.92 Å². The second-order valence-electron chi connectivity index (χ2n) is 5.13. The molecular formula is C11H20F2N2. The zero-order valence-corrected chi connectivity index (χ0v) is 9.55. The lowest BCUT2D eigenvalue weighted by molar-refractivity contribution is -0.112. The molecule has 0 amide bonds. The van der Waals surface area contributed by atoms with Crippen molar-refractivity contribution >= 4 is 0 Å². The Morgan fingerprint density at radius 2 is 1.93 bits per heavy atom. The first-order chi connectivity index (χ1) is 6.99. The molecule has 15 heavy (non-hydrogen) atoms. The lowest BCUT2D eigenvalue weighted by Gasteiger charge is -2.39. The quantitative estimate of drug-likeness (QED) is 0.660. The normalized spacial score (nSPS) is 38.4. The number of nitrogens with zero attached hydrogens (tertiary/aromatic N) is 2. The van der Waals surface area contributed by atoms with Crippen molar-refractivity contribution in [1.82, 2.24) is 9.80 Å². The summed E-state index contributed by atoms with van der Waals surface area (Å²) in [4.78, 5) is 4.21. The highest BCUT2D eigenvalue weighted by atomic mass is 19.3. The molecule has 4 heteroatoms. The van der Waals surface area contributed by atoms with E-state index in [1.54, 1.807) is 6.92 Å². The van der Waals surface area contributed by atoms with Crippen LogP contribution < -0.4 is 0 Å². The molecule has 88 valence electrons. The van der Waals surface area contributed by atoms with Crippen molar-refractivity contribution in [2.24, 2.45) is 5.92 Å². The van der Waals surface area contributed by atoms with E-state index in [2.05, 4.69) is 11.9 Å². The molecule has 0 aliphatic carbocycles. The van der Waals surface area contributed by atoms with E-state index in [-0.39, 0.29) is 6.54 Å². The van der Waals surface area contributed by atoms with Crippen LogP contribution in [0.2, 0.25) is 0 Å². The molecule has 2 heterocycles. The van der Waals surface area contributed by atoms with E-state index < -0.39 is 11.8 Å². The molecule has 2 aliphatic rings. The Bertz CT molecular complexity index is 233. The highest BCUT2D eigenvalue weighted by molar-refractivity contribution is 4.90. The number of likely N-dealkylation sites (tertiary alicyclic amines) is 2. The monoisotopic (exact) mass is 218 g/mol. The molecule has 0 aromatic carbocycles. The minimum Gasteiger partial charge on any atom is -0.305 e. The highest BCUT2D eigenvalue weighted by Gasteiger charge is 2.44. The molecule has 2 atom stereocenters. The maximum atomic E-state index is 13.5. The number of alkyl halides is 2. The highest BCUT2D eigenvalue weighted by Crippen LogP contribution is 2.34. The Hall–Kier alpha value is -0.220. The summed E-state index contributed by atoms with van der Waals surface area (Å²) in [5.41, 5.74) is 0. The van der Waals surface area contributed by atoms with E-state index in [4.69, 9.17) is 0 Å². The second kappa shape index (κ2) is 3.98. The van der Waals surface area contributed by atoms with Crippen molar-refractivity contribution in [2.45, 2.75) is 31.7 Å². The van der Waals surface area contributed by atoms with Gasteiger partial charge in [0.1, 0.15) is 0 Å². The van der Waals surface area contributed by atoms with E-state index in [1.165, 1.54) is 0 Å². The van der Waals surface area contributed by atoms with Gasteiger partial charge in [-0.05, 0) is 33.0 Å². The molecule has 0 N–H and O–H groups in total. The second-order valence-corrected chi connectivity index (χ2v) is 5.13. The third-order valence-electron chi connectivity index (χ3n) is 3.87. The molecule has 0 bridgehead atoms. The fourth-order valence-electron chi connectivity index (χ4n) is 2.60. The lowest BCUT2D eigenvalue weighted by atomic mass is 9.93. The Labute approximate surface area is 90.2 Å². The van der Waals surface area contributed by atoms with Crippen molar-refractivity contribution in [3.63, 3.8) is 0 Å². The molecular weight excluding hydrogens is 198 g/mol.